The van der Waals surface area contributed by atoms with Crippen LogP contribution in [0.5, 0.6) is 0 Å². The number of rotatable bonds is 3. The first-order valence-electron chi connectivity index (χ1n) is 4.40. The second kappa shape index (κ2) is 5.55. The molecule has 1 radical (unpaired) electrons. The lowest BCUT2D eigenvalue weighted by Gasteiger charge is -2.09. The van der Waals surface area contributed by atoms with Gasteiger partial charge in [0.1, 0.15) is 0 Å². The molecule has 0 saturated heterocycles. The molecule has 0 bridgehead atoms. The SMILES string of the molecule is COC(=O)c1c[c]cc(C(=O)OC)c1SC. The summed E-state index contributed by atoms with van der Waals surface area (Å²) < 4.78 is 9.25. The molecule has 1 aromatic carbocycles. The summed E-state index contributed by atoms with van der Waals surface area (Å²) in [5.74, 6) is -0.988. The molecule has 0 aliphatic carbocycles. The smallest absolute Gasteiger partial charge is 0.339 e. The first-order chi connectivity index (χ1) is 7.65. The Bertz CT molecular complexity index is 380. The van der Waals surface area contributed by atoms with Gasteiger partial charge in [-0.2, -0.15) is 0 Å². The zero-order chi connectivity index (χ0) is 12.1. The van der Waals surface area contributed by atoms with Crippen LogP contribution in [-0.4, -0.2) is 32.4 Å². The maximum atomic E-state index is 11.4. The minimum atomic E-state index is -0.494. The molecule has 1 rings (SSSR count). The van der Waals surface area contributed by atoms with Crippen molar-refractivity contribution in [1.82, 2.24) is 0 Å². The summed E-state index contributed by atoms with van der Waals surface area (Å²) in [6.07, 6.45) is 1.77. The maximum Gasteiger partial charge on any atom is 0.339 e. The summed E-state index contributed by atoms with van der Waals surface area (Å²) in [5, 5.41) is 0. The number of benzene rings is 1. The van der Waals surface area contributed by atoms with E-state index in [9.17, 15) is 9.59 Å². The zero-order valence-electron chi connectivity index (χ0n) is 9.20. The summed E-state index contributed by atoms with van der Waals surface area (Å²) in [6, 6.07) is 5.70. The quantitative estimate of drug-likeness (QED) is 0.594. The van der Waals surface area contributed by atoms with Crippen molar-refractivity contribution < 1.29 is 19.1 Å². The molecule has 85 valence electrons. The molecule has 0 heterocycles. The van der Waals surface area contributed by atoms with E-state index in [-0.39, 0.29) is 0 Å². The molecule has 5 heteroatoms. The predicted molar refractivity (Wildman–Crippen MR) is 59.7 cm³/mol. The average molecular weight is 239 g/mol. The number of hydrogen-bond donors (Lipinski definition) is 0. The van der Waals surface area contributed by atoms with E-state index in [0.29, 0.717) is 16.0 Å². The van der Waals surface area contributed by atoms with E-state index >= 15 is 0 Å². The van der Waals surface area contributed by atoms with Crippen molar-refractivity contribution in [1.29, 1.82) is 0 Å². The molecule has 0 amide bonds. The number of carbonyl (C=O) groups is 2. The van der Waals surface area contributed by atoms with Gasteiger partial charge in [-0.05, 0) is 24.5 Å². The predicted octanol–water partition coefficient (Wildman–Crippen LogP) is 1.78. The van der Waals surface area contributed by atoms with Gasteiger partial charge in [0, 0.05) is 4.90 Å². The molecule has 0 fully saturated rings. The molecule has 4 nitrogen and oxygen atoms in total. The molecule has 0 saturated carbocycles. The Morgan fingerprint density at radius 3 is 1.88 bits per heavy atom. The number of methoxy groups -OCH3 is 2. The molecule has 0 spiro atoms. The Morgan fingerprint density at radius 1 is 1.12 bits per heavy atom. The van der Waals surface area contributed by atoms with E-state index < -0.39 is 11.9 Å². The topological polar surface area (TPSA) is 52.6 Å². The number of hydrogen-bond acceptors (Lipinski definition) is 5. The monoisotopic (exact) mass is 239 g/mol. The third-order valence-corrected chi connectivity index (χ3v) is 2.81. The van der Waals surface area contributed by atoms with Gasteiger partial charge >= 0.3 is 11.9 Å². The maximum absolute atomic E-state index is 11.4. The van der Waals surface area contributed by atoms with Crippen molar-refractivity contribution in [2.75, 3.05) is 20.5 Å². The van der Waals surface area contributed by atoms with Gasteiger partial charge in [0.15, 0.2) is 0 Å². The lowest BCUT2D eigenvalue weighted by molar-refractivity contribution is 0.0591. The van der Waals surface area contributed by atoms with Gasteiger partial charge in [-0.1, -0.05) is 0 Å². The van der Waals surface area contributed by atoms with Crippen molar-refractivity contribution in [3.8, 4) is 0 Å². The zero-order valence-corrected chi connectivity index (χ0v) is 10.0. The highest BCUT2D eigenvalue weighted by Gasteiger charge is 2.19. The molecule has 0 atom stereocenters. The van der Waals surface area contributed by atoms with Crippen molar-refractivity contribution >= 4 is 23.7 Å². The molecule has 0 aliphatic heterocycles. The van der Waals surface area contributed by atoms with E-state index in [1.807, 2.05) is 0 Å². The summed E-state index contributed by atoms with van der Waals surface area (Å²) in [5.41, 5.74) is 0.635. The van der Waals surface area contributed by atoms with E-state index in [1.165, 1.54) is 38.1 Å². The Morgan fingerprint density at radius 2 is 1.56 bits per heavy atom. The Kier molecular flexibility index (Phi) is 4.37. The van der Waals surface area contributed by atoms with Crippen molar-refractivity contribution in [3.05, 3.63) is 29.3 Å². The summed E-state index contributed by atoms with van der Waals surface area (Å²) in [6.45, 7) is 0. The second-order valence-corrected chi connectivity index (χ2v) is 3.62. The van der Waals surface area contributed by atoms with Crippen LogP contribution in [0.1, 0.15) is 20.7 Å². The Balaban J connectivity index is 3.31. The van der Waals surface area contributed by atoms with Crippen LogP contribution in [0.4, 0.5) is 0 Å². The largest absolute Gasteiger partial charge is 0.465 e. The van der Waals surface area contributed by atoms with Gasteiger partial charge in [-0.15, -0.1) is 11.8 Å². The molecule has 0 aromatic heterocycles. The number of thioether (sulfide) groups is 1. The van der Waals surface area contributed by atoms with E-state index in [4.69, 9.17) is 0 Å². The van der Waals surface area contributed by atoms with Crippen molar-refractivity contribution in [3.63, 3.8) is 0 Å². The fourth-order valence-electron chi connectivity index (χ4n) is 1.23. The van der Waals surface area contributed by atoms with Gasteiger partial charge < -0.3 is 9.47 Å². The molecular weight excluding hydrogens is 228 g/mol. The highest BCUT2D eigenvalue weighted by atomic mass is 32.2. The van der Waals surface area contributed by atoms with Gasteiger partial charge in [0.25, 0.3) is 0 Å². The first-order valence-corrected chi connectivity index (χ1v) is 5.62. The summed E-state index contributed by atoms with van der Waals surface area (Å²) >= 11 is 1.29. The highest BCUT2D eigenvalue weighted by molar-refractivity contribution is 7.98. The van der Waals surface area contributed by atoms with Crippen LogP contribution in [0, 0.1) is 6.07 Å². The van der Waals surface area contributed by atoms with Gasteiger partial charge in [-0.3, -0.25) is 0 Å². The molecule has 1 aromatic rings. The third kappa shape index (κ3) is 2.36. The van der Waals surface area contributed by atoms with Crippen LogP contribution in [-0.2, 0) is 9.47 Å². The molecule has 16 heavy (non-hydrogen) atoms. The van der Waals surface area contributed by atoms with Crippen LogP contribution in [0.3, 0.4) is 0 Å². The van der Waals surface area contributed by atoms with Crippen LogP contribution in [0.15, 0.2) is 17.0 Å². The van der Waals surface area contributed by atoms with Gasteiger partial charge in [-0.25, -0.2) is 9.59 Å². The van der Waals surface area contributed by atoms with Gasteiger partial charge in [0.05, 0.1) is 25.3 Å². The number of carbonyl (C=O) groups excluding carboxylic acids is 2. The van der Waals surface area contributed by atoms with E-state index in [0.717, 1.165) is 0 Å². The Hall–Kier alpha value is -1.49. The molecule has 0 aliphatic rings. The first kappa shape index (κ1) is 12.6. The third-order valence-electron chi connectivity index (χ3n) is 1.96. The summed E-state index contributed by atoms with van der Waals surface area (Å²) in [4.78, 5) is 23.4. The Labute approximate surface area is 97.9 Å². The molecule has 0 unspecified atom stereocenters. The molecular formula is C11H11O4S. The average Bonchev–Trinajstić information content (AvgIpc) is 2.35. The number of esters is 2. The van der Waals surface area contributed by atoms with Crippen LogP contribution < -0.4 is 0 Å². The standard InChI is InChI=1S/C11H11O4S/c1-14-10(12)7-5-4-6-8(9(7)16-3)11(13)15-2/h5-6H,1-3H3. The summed E-state index contributed by atoms with van der Waals surface area (Å²) in [7, 11) is 2.58. The van der Waals surface area contributed by atoms with Crippen LogP contribution in [0.25, 0.3) is 0 Å². The van der Waals surface area contributed by atoms with E-state index in [1.54, 1.807) is 6.26 Å². The minimum absolute atomic E-state index is 0.318. The van der Waals surface area contributed by atoms with Crippen LogP contribution >= 0.6 is 11.8 Å². The van der Waals surface area contributed by atoms with Crippen LogP contribution in [0.2, 0.25) is 0 Å². The lowest BCUT2D eigenvalue weighted by atomic mass is 10.1. The second-order valence-electron chi connectivity index (χ2n) is 2.80. The number of ether oxygens (including phenoxy) is 2. The minimum Gasteiger partial charge on any atom is -0.465 e. The van der Waals surface area contributed by atoms with E-state index in [2.05, 4.69) is 15.5 Å². The van der Waals surface area contributed by atoms with Crippen molar-refractivity contribution in [2.45, 2.75) is 4.90 Å². The fourth-order valence-corrected chi connectivity index (χ4v) is 1.95. The highest BCUT2D eigenvalue weighted by Crippen LogP contribution is 2.26. The molecule has 0 N–H and O–H groups in total. The normalized spacial score (nSPS) is 9.69. The fraction of sp³-hybridized carbons (Fsp3) is 0.273. The lowest BCUT2D eigenvalue weighted by Crippen LogP contribution is -2.09. The van der Waals surface area contributed by atoms with Crippen molar-refractivity contribution in [2.24, 2.45) is 0 Å². The van der Waals surface area contributed by atoms with Gasteiger partial charge in [0.2, 0.25) is 0 Å².